The smallest absolute Gasteiger partial charge is 0.259 e. The van der Waals surface area contributed by atoms with Crippen molar-refractivity contribution >= 4 is 40.1 Å². The highest BCUT2D eigenvalue weighted by Crippen LogP contribution is 2.30. The van der Waals surface area contributed by atoms with E-state index in [-0.39, 0.29) is 37.3 Å². The van der Waals surface area contributed by atoms with E-state index < -0.39 is 0 Å². The Morgan fingerprint density at radius 1 is 1.23 bits per heavy atom. The van der Waals surface area contributed by atoms with Crippen LogP contribution in [-0.2, 0) is 4.74 Å². The SMILES string of the molecule is C.CCCN(C)[C@H]1CCN(C(=O)c2cc3c(cc2C)[nH]c(=O)c2cnn(C4CCOCC4)c23)C1.Cl. The Kier molecular flexibility index (Phi) is 8.62. The number of carbonyl (C=O) groups is 1. The van der Waals surface area contributed by atoms with Crippen molar-refractivity contribution in [3.05, 3.63) is 39.8 Å². The summed E-state index contributed by atoms with van der Waals surface area (Å²) in [6.07, 6.45) is 5.49. The molecule has 2 fully saturated rings. The fourth-order valence-electron chi connectivity index (χ4n) is 5.42. The van der Waals surface area contributed by atoms with Crippen molar-refractivity contribution in [2.45, 2.75) is 59.0 Å². The molecule has 0 saturated carbocycles. The minimum Gasteiger partial charge on any atom is -0.381 e. The molecule has 0 bridgehead atoms. The first-order chi connectivity index (χ1) is 16.0. The topological polar surface area (TPSA) is 83.5 Å². The molecule has 1 atom stereocenters. The van der Waals surface area contributed by atoms with E-state index >= 15 is 0 Å². The van der Waals surface area contributed by atoms with E-state index in [0.29, 0.717) is 30.2 Å². The number of pyridine rings is 1. The van der Waals surface area contributed by atoms with Crippen LogP contribution in [0.1, 0.15) is 62.0 Å². The fourth-order valence-corrected chi connectivity index (χ4v) is 5.42. The molecule has 2 aliphatic heterocycles. The average molecular weight is 504 g/mol. The highest BCUT2D eigenvalue weighted by Gasteiger charge is 2.30. The van der Waals surface area contributed by atoms with Crippen molar-refractivity contribution in [1.82, 2.24) is 24.6 Å². The molecule has 8 nitrogen and oxygen atoms in total. The predicted molar refractivity (Wildman–Crippen MR) is 143 cm³/mol. The predicted octanol–water partition coefficient (Wildman–Crippen LogP) is 4.15. The maximum absolute atomic E-state index is 13.6. The second kappa shape index (κ2) is 11.1. The summed E-state index contributed by atoms with van der Waals surface area (Å²) in [4.78, 5) is 33.7. The standard InChI is InChI=1S/C25H33N5O3.CH4.ClH/c1-4-8-28(3)18-5-9-29(15-18)25(32)19-13-20-22(12-16(19)2)27-24(31)21-14-26-30(23(20)21)17-6-10-33-11-7-17;;/h12-14,17-18H,4-11,15H2,1-3H3,(H,27,31);1H4;1H/t18-;;/m0../s1. The molecule has 0 unspecified atom stereocenters. The number of aromatic amines is 1. The van der Waals surface area contributed by atoms with Gasteiger partial charge in [-0.15, -0.1) is 12.4 Å². The molecular formula is C26H38ClN5O3. The van der Waals surface area contributed by atoms with Gasteiger partial charge in [0.15, 0.2) is 0 Å². The number of carbonyl (C=O) groups excluding carboxylic acids is 1. The van der Waals surface area contributed by atoms with Gasteiger partial charge in [0, 0.05) is 43.3 Å². The number of benzene rings is 1. The second-order valence-electron chi connectivity index (χ2n) is 9.54. The van der Waals surface area contributed by atoms with Crippen LogP contribution in [0.2, 0.25) is 0 Å². The highest BCUT2D eigenvalue weighted by molar-refractivity contribution is 6.07. The third kappa shape index (κ3) is 4.97. The fraction of sp³-hybridized carbons (Fsp3) is 0.577. The van der Waals surface area contributed by atoms with Crippen molar-refractivity contribution in [2.75, 3.05) is 39.9 Å². The van der Waals surface area contributed by atoms with Gasteiger partial charge in [-0.25, -0.2) is 0 Å². The number of fused-ring (bicyclic) bond motifs is 3. The minimum absolute atomic E-state index is 0. The molecule has 1 amide bonds. The molecule has 3 aromatic rings. The number of nitrogens with zero attached hydrogens (tertiary/aromatic N) is 4. The van der Waals surface area contributed by atoms with Crippen molar-refractivity contribution in [3.8, 4) is 0 Å². The Labute approximate surface area is 213 Å². The number of rotatable bonds is 5. The van der Waals surface area contributed by atoms with Crippen LogP contribution in [0.4, 0.5) is 0 Å². The lowest BCUT2D eigenvalue weighted by atomic mass is 10.0. The third-order valence-corrected chi connectivity index (χ3v) is 7.33. The number of aromatic nitrogens is 3. The van der Waals surface area contributed by atoms with Crippen LogP contribution >= 0.6 is 12.4 Å². The molecule has 35 heavy (non-hydrogen) atoms. The maximum atomic E-state index is 13.6. The van der Waals surface area contributed by atoms with Gasteiger partial charge in [-0.3, -0.25) is 14.3 Å². The summed E-state index contributed by atoms with van der Waals surface area (Å²) in [7, 11) is 2.15. The van der Waals surface area contributed by atoms with Crippen LogP contribution < -0.4 is 5.56 Å². The van der Waals surface area contributed by atoms with Crippen LogP contribution in [0.15, 0.2) is 23.1 Å². The van der Waals surface area contributed by atoms with Crippen molar-refractivity contribution in [3.63, 3.8) is 0 Å². The number of likely N-dealkylation sites (N-methyl/N-ethyl adjacent to an activating group) is 1. The largest absolute Gasteiger partial charge is 0.381 e. The Morgan fingerprint density at radius 2 is 1.97 bits per heavy atom. The first-order valence-electron chi connectivity index (χ1n) is 12.1. The lowest BCUT2D eigenvalue weighted by Gasteiger charge is -2.24. The molecule has 4 heterocycles. The van der Waals surface area contributed by atoms with Crippen LogP contribution in [0.3, 0.4) is 0 Å². The highest BCUT2D eigenvalue weighted by atomic mass is 35.5. The molecule has 1 aromatic carbocycles. The summed E-state index contributed by atoms with van der Waals surface area (Å²) < 4.78 is 7.50. The van der Waals surface area contributed by atoms with Crippen LogP contribution in [0.25, 0.3) is 21.8 Å². The molecule has 192 valence electrons. The summed E-state index contributed by atoms with van der Waals surface area (Å²) >= 11 is 0. The van der Waals surface area contributed by atoms with E-state index in [1.54, 1.807) is 6.20 Å². The number of halogens is 1. The minimum atomic E-state index is -0.143. The zero-order valence-corrected chi connectivity index (χ0v) is 21.0. The second-order valence-corrected chi connectivity index (χ2v) is 9.54. The molecular weight excluding hydrogens is 466 g/mol. The van der Waals surface area contributed by atoms with Crippen LogP contribution in [0.5, 0.6) is 0 Å². The van der Waals surface area contributed by atoms with Gasteiger partial charge < -0.3 is 19.5 Å². The van der Waals surface area contributed by atoms with E-state index in [1.165, 1.54) is 0 Å². The number of amides is 1. The van der Waals surface area contributed by atoms with E-state index in [9.17, 15) is 9.59 Å². The number of likely N-dealkylation sites (tertiary alicyclic amines) is 1. The van der Waals surface area contributed by atoms with E-state index in [4.69, 9.17) is 4.74 Å². The van der Waals surface area contributed by atoms with Gasteiger partial charge in [0.2, 0.25) is 0 Å². The number of hydrogen-bond donors (Lipinski definition) is 1. The Balaban J connectivity index is 0.00000171. The van der Waals surface area contributed by atoms with Gasteiger partial charge in [0.25, 0.3) is 11.5 Å². The summed E-state index contributed by atoms with van der Waals surface area (Å²) in [6.45, 7) is 8.09. The molecule has 2 aliphatic rings. The molecule has 1 N–H and O–H groups in total. The monoisotopic (exact) mass is 503 g/mol. The maximum Gasteiger partial charge on any atom is 0.259 e. The van der Waals surface area contributed by atoms with Crippen molar-refractivity contribution in [2.24, 2.45) is 0 Å². The zero-order chi connectivity index (χ0) is 23.1. The summed E-state index contributed by atoms with van der Waals surface area (Å²) in [5.74, 6) is 0.0679. The molecule has 5 rings (SSSR count). The number of H-pyrrole nitrogens is 1. The van der Waals surface area contributed by atoms with Crippen LogP contribution in [-0.4, -0.2) is 76.4 Å². The number of hydrogen-bond acceptors (Lipinski definition) is 5. The molecule has 2 aromatic heterocycles. The lowest BCUT2D eigenvalue weighted by Crippen LogP contribution is -2.37. The molecule has 9 heteroatoms. The number of ether oxygens (including phenoxy) is 1. The van der Waals surface area contributed by atoms with Crippen LogP contribution in [0, 0.1) is 6.92 Å². The molecule has 0 aliphatic carbocycles. The number of aryl methyl sites for hydroxylation is 1. The average Bonchev–Trinajstić information content (AvgIpc) is 3.48. The molecule has 2 saturated heterocycles. The van der Waals surface area contributed by atoms with Gasteiger partial charge in [-0.2, -0.15) is 5.10 Å². The summed E-state index contributed by atoms with van der Waals surface area (Å²) in [5.41, 5.74) is 3.00. The van der Waals surface area contributed by atoms with Gasteiger partial charge in [-0.05, 0) is 63.9 Å². The van der Waals surface area contributed by atoms with Crippen molar-refractivity contribution in [1.29, 1.82) is 0 Å². The first kappa shape index (κ1) is 27.2. The Bertz CT molecular complexity index is 1250. The van der Waals surface area contributed by atoms with E-state index in [1.807, 2.05) is 28.6 Å². The van der Waals surface area contributed by atoms with Gasteiger partial charge in [-0.1, -0.05) is 14.4 Å². The number of nitrogens with one attached hydrogen (secondary N) is 1. The summed E-state index contributed by atoms with van der Waals surface area (Å²) in [6, 6.07) is 4.50. The van der Waals surface area contributed by atoms with Gasteiger partial charge in [0.1, 0.15) is 0 Å². The van der Waals surface area contributed by atoms with E-state index in [2.05, 4.69) is 29.0 Å². The molecule has 0 radical (unpaired) electrons. The summed E-state index contributed by atoms with van der Waals surface area (Å²) in [5, 5.41) is 6.04. The third-order valence-electron chi connectivity index (χ3n) is 7.33. The molecule has 0 spiro atoms. The van der Waals surface area contributed by atoms with E-state index in [0.717, 1.165) is 67.3 Å². The van der Waals surface area contributed by atoms with Crippen molar-refractivity contribution < 1.29 is 9.53 Å². The zero-order valence-electron chi connectivity index (χ0n) is 20.2. The Hall–Kier alpha value is -2.42. The lowest BCUT2D eigenvalue weighted by molar-refractivity contribution is 0.0675. The normalized spacial score (nSPS) is 18.7. The van der Waals surface area contributed by atoms with Gasteiger partial charge in [0.05, 0.1) is 28.7 Å². The van der Waals surface area contributed by atoms with Gasteiger partial charge >= 0.3 is 0 Å². The quantitative estimate of drug-likeness (QED) is 0.565. The Morgan fingerprint density at radius 3 is 2.69 bits per heavy atom. The first-order valence-corrected chi connectivity index (χ1v) is 12.1.